The van der Waals surface area contributed by atoms with Crippen LogP contribution in [0.4, 0.5) is 0 Å². The first-order chi connectivity index (χ1) is 16.5. The molecule has 1 aromatic carbocycles. The van der Waals surface area contributed by atoms with Gasteiger partial charge in [-0.2, -0.15) is 0 Å². The van der Waals surface area contributed by atoms with Crippen LogP contribution in [0.1, 0.15) is 39.0 Å². The third-order valence-electron chi connectivity index (χ3n) is 5.50. The molecule has 0 bridgehead atoms. The number of furan rings is 1. The molecule has 3 rings (SSSR count). The molecule has 0 unspecified atom stereocenters. The van der Waals surface area contributed by atoms with E-state index < -0.39 is 16.1 Å². The minimum Gasteiger partial charge on any atom is -0.464 e. The highest BCUT2D eigenvalue weighted by Crippen LogP contribution is 2.21. The number of nitrogens with zero attached hydrogens (tertiary/aromatic N) is 3. The summed E-state index contributed by atoms with van der Waals surface area (Å²) < 4.78 is 34.9. The SMILES string of the molecule is CC(C)CN(CC(C)C)C[C@H](CC(=O)N(C)Cc1cncs1)NS(=O)(=O)c1ccc2occc2c1. The van der Waals surface area contributed by atoms with Gasteiger partial charge in [-0.05, 0) is 36.1 Å². The summed E-state index contributed by atoms with van der Waals surface area (Å²) in [6.07, 6.45) is 3.34. The van der Waals surface area contributed by atoms with Gasteiger partial charge in [-0.15, -0.1) is 11.3 Å². The van der Waals surface area contributed by atoms with Crippen LogP contribution in [0.5, 0.6) is 0 Å². The van der Waals surface area contributed by atoms with E-state index in [2.05, 4.69) is 42.3 Å². The first-order valence-corrected chi connectivity index (χ1v) is 14.2. The smallest absolute Gasteiger partial charge is 0.240 e. The van der Waals surface area contributed by atoms with Crippen molar-refractivity contribution < 1.29 is 17.6 Å². The minimum atomic E-state index is -3.85. The molecule has 1 atom stereocenters. The number of carbonyl (C=O) groups is 1. The number of rotatable bonds is 13. The van der Waals surface area contributed by atoms with Crippen molar-refractivity contribution in [1.29, 1.82) is 0 Å². The van der Waals surface area contributed by atoms with Gasteiger partial charge in [0, 0.05) is 55.6 Å². The molecule has 2 aromatic heterocycles. The fourth-order valence-electron chi connectivity index (χ4n) is 4.12. The summed E-state index contributed by atoms with van der Waals surface area (Å²) in [5.41, 5.74) is 2.36. The maximum absolute atomic E-state index is 13.3. The maximum Gasteiger partial charge on any atom is 0.240 e. The lowest BCUT2D eigenvalue weighted by Gasteiger charge is -2.31. The lowest BCUT2D eigenvalue weighted by molar-refractivity contribution is -0.130. The number of fused-ring (bicyclic) bond motifs is 1. The van der Waals surface area contributed by atoms with Crippen LogP contribution in [-0.4, -0.2) is 61.8 Å². The number of nitrogens with one attached hydrogen (secondary N) is 1. The average Bonchev–Trinajstić information content (AvgIpc) is 3.43. The third kappa shape index (κ3) is 8.13. The fourth-order valence-corrected chi connectivity index (χ4v) is 6.03. The van der Waals surface area contributed by atoms with Gasteiger partial charge in [-0.3, -0.25) is 9.78 Å². The van der Waals surface area contributed by atoms with Crippen molar-refractivity contribution in [3.63, 3.8) is 0 Å². The highest BCUT2D eigenvalue weighted by atomic mass is 32.2. The number of hydrogen-bond acceptors (Lipinski definition) is 7. The molecule has 3 aromatic rings. The summed E-state index contributed by atoms with van der Waals surface area (Å²) in [7, 11) is -2.11. The normalized spacial score (nSPS) is 13.3. The number of aromatic nitrogens is 1. The highest BCUT2D eigenvalue weighted by Gasteiger charge is 2.27. The van der Waals surface area contributed by atoms with E-state index in [1.165, 1.54) is 23.7 Å². The van der Waals surface area contributed by atoms with E-state index in [4.69, 9.17) is 4.42 Å². The van der Waals surface area contributed by atoms with Crippen molar-refractivity contribution in [2.24, 2.45) is 11.8 Å². The summed E-state index contributed by atoms with van der Waals surface area (Å²) in [5.74, 6) is 0.712. The molecule has 0 radical (unpaired) electrons. The van der Waals surface area contributed by atoms with E-state index in [0.717, 1.165) is 18.0 Å². The largest absolute Gasteiger partial charge is 0.464 e. The molecule has 0 saturated heterocycles. The second kappa shape index (κ2) is 12.1. The second-order valence-electron chi connectivity index (χ2n) is 9.87. The average molecular weight is 521 g/mol. The standard InChI is InChI=1S/C25H36N4O4S2/c1-18(2)13-29(14-19(3)4)15-21(11-25(30)28(5)16-22-12-26-17-34-22)27-35(31,32)23-6-7-24-20(10-23)8-9-33-24/h6-10,12,17-19,21,27H,11,13-16H2,1-5H3/t21-/m0/s1. The molecule has 0 aliphatic rings. The Morgan fingerprint density at radius 1 is 1.11 bits per heavy atom. The number of carbonyl (C=O) groups excluding carboxylic acids is 1. The molecule has 0 spiro atoms. The van der Waals surface area contributed by atoms with Crippen LogP contribution in [0.15, 0.2) is 51.5 Å². The van der Waals surface area contributed by atoms with Gasteiger partial charge in [-0.1, -0.05) is 27.7 Å². The van der Waals surface area contributed by atoms with Gasteiger partial charge in [0.2, 0.25) is 15.9 Å². The van der Waals surface area contributed by atoms with Crippen LogP contribution in [0, 0.1) is 11.8 Å². The van der Waals surface area contributed by atoms with Crippen LogP contribution in [0.25, 0.3) is 11.0 Å². The van der Waals surface area contributed by atoms with Crippen LogP contribution in [0.2, 0.25) is 0 Å². The summed E-state index contributed by atoms with van der Waals surface area (Å²) in [6.45, 7) is 11.1. The van der Waals surface area contributed by atoms with E-state index in [9.17, 15) is 13.2 Å². The molecule has 1 N–H and O–H groups in total. The molecule has 1 amide bonds. The van der Waals surface area contributed by atoms with E-state index in [-0.39, 0.29) is 17.2 Å². The molecular weight excluding hydrogens is 484 g/mol. The molecule has 35 heavy (non-hydrogen) atoms. The van der Waals surface area contributed by atoms with E-state index in [0.29, 0.717) is 35.9 Å². The quantitative estimate of drug-likeness (QED) is 0.363. The van der Waals surface area contributed by atoms with Crippen molar-refractivity contribution in [2.45, 2.75) is 51.6 Å². The number of amides is 1. The highest BCUT2D eigenvalue weighted by molar-refractivity contribution is 7.89. The van der Waals surface area contributed by atoms with Crippen molar-refractivity contribution >= 4 is 38.2 Å². The molecule has 0 aliphatic heterocycles. The maximum atomic E-state index is 13.3. The van der Waals surface area contributed by atoms with Crippen molar-refractivity contribution in [1.82, 2.24) is 19.5 Å². The van der Waals surface area contributed by atoms with E-state index in [1.807, 2.05) is 0 Å². The van der Waals surface area contributed by atoms with Gasteiger partial charge in [0.1, 0.15) is 5.58 Å². The number of benzene rings is 1. The topological polar surface area (TPSA) is 95.8 Å². The Hall–Kier alpha value is -2.27. The molecule has 0 fully saturated rings. The number of thiazole rings is 1. The second-order valence-corrected chi connectivity index (χ2v) is 12.6. The van der Waals surface area contributed by atoms with Gasteiger partial charge in [0.15, 0.2) is 0 Å². The van der Waals surface area contributed by atoms with Gasteiger partial charge in [0.25, 0.3) is 0 Å². The predicted octanol–water partition coefficient (Wildman–Crippen LogP) is 4.20. The van der Waals surface area contributed by atoms with Crippen LogP contribution >= 0.6 is 11.3 Å². The molecule has 0 aliphatic carbocycles. The number of sulfonamides is 1. The van der Waals surface area contributed by atoms with E-state index >= 15 is 0 Å². The zero-order valence-electron chi connectivity index (χ0n) is 21.1. The minimum absolute atomic E-state index is 0.0647. The van der Waals surface area contributed by atoms with Crippen molar-refractivity contribution in [3.05, 3.63) is 47.1 Å². The first-order valence-electron chi connectivity index (χ1n) is 11.9. The van der Waals surface area contributed by atoms with Gasteiger partial charge in [-0.25, -0.2) is 13.1 Å². The van der Waals surface area contributed by atoms with Crippen LogP contribution in [-0.2, 0) is 21.4 Å². The molecule has 2 heterocycles. The fraction of sp³-hybridized carbons (Fsp3) is 0.520. The molecule has 192 valence electrons. The molecule has 8 nitrogen and oxygen atoms in total. The Kier molecular flexibility index (Phi) is 9.46. The zero-order valence-corrected chi connectivity index (χ0v) is 22.7. The van der Waals surface area contributed by atoms with Gasteiger partial charge in [0.05, 0.1) is 23.2 Å². The third-order valence-corrected chi connectivity index (χ3v) is 7.79. The first kappa shape index (κ1) is 27.3. The molecule has 10 heteroatoms. The van der Waals surface area contributed by atoms with Crippen molar-refractivity contribution in [3.8, 4) is 0 Å². The molecule has 0 saturated carbocycles. The zero-order chi connectivity index (χ0) is 25.6. The summed E-state index contributed by atoms with van der Waals surface area (Å²) in [6, 6.07) is 5.93. The Morgan fingerprint density at radius 3 is 2.46 bits per heavy atom. The lowest BCUT2D eigenvalue weighted by atomic mass is 10.1. The lowest BCUT2D eigenvalue weighted by Crippen LogP contribution is -2.48. The van der Waals surface area contributed by atoms with Crippen molar-refractivity contribution in [2.75, 3.05) is 26.7 Å². The Balaban J connectivity index is 1.81. The Labute approximate surface area is 212 Å². The molecular formula is C25H36N4O4S2. The monoisotopic (exact) mass is 520 g/mol. The van der Waals surface area contributed by atoms with Crippen LogP contribution in [0.3, 0.4) is 0 Å². The summed E-state index contributed by atoms with van der Waals surface area (Å²) in [4.78, 5) is 22.2. The summed E-state index contributed by atoms with van der Waals surface area (Å²) in [5, 5.41) is 0.714. The van der Waals surface area contributed by atoms with Gasteiger partial charge < -0.3 is 14.2 Å². The van der Waals surface area contributed by atoms with Crippen LogP contribution < -0.4 is 4.72 Å². The Morgan fingerprint density at radius 2 is 1.83 bits per heavy atom. The van der Waals surface area contributed by atoms with Gasteiger partial charge >= 0.3 is 0 Å². The summed E-state index contributed by atoms with van der Waals surface area (Å²) >= 11 is 1.49. The Bertz CT molecular complexity index is 1180. The predicted molar refractivity (Wildman–Crippen MR) is 140 cm³/mol. The number of hydrogen-bond donors (Lipinski definition) is 1. The van der Waals surface area contributed by atoms with E-state index in [1.54, 1.807) is 41.9 Å².